The third-order valence-corrected chi connectivity index (χ3v) is 4.30. The molecule has 1 aromatic heterocycles. The standard InChI is InChI=1S/C17H20N2O3/c1-17(2)10-13(12-7-5-4-6-8-12)11-19(17)16(20)14-9-15(21-3)18-22-14/h4-9,13H,10-11H2,1-3H3. The van der Waals surface area contributed by atoms with E-state index in [1.54, 1.807) is 0 Å². The third-order valence-electron chi connectivity index (χ3n) is 4.30. The maximum atomic E-state index is 12.7. The van der Waals surface area contributed by atoms with E-state index in [1.165, 1.54) is 18.7 Å². The molecule has 0 saturated carbocycles. The highest BCUT2D eigenvalue weighted by Gasteiger charge is 2.42. The summed E-state index contributed by atoms with van der Waals surface area (Å²) in [5.74, 6) is 0.739. The normalized spacial score (nSPS) is 20.1. The lowest BCUT2D eigenvalue weighted by Gasteiger charge is -2.30. The predicted octanol–water partition coefficient (Wildman–Crippen LogP) is 3.09. The van der Waals surface area contributed by atoms with Crippen LogP contribution in [0.2, 0.25) is 0 Å². The molecule has 1 aliphatic heterocycles. The number of hydrogen-bond donors (Lipinski definition) is 0. The van der Waals surface area contributed by atoms with Crippen LogP contribution in [0.5, 0.6) is 5.88 Å². The molecule has 116 valence electrons. The lowest BCUT2D eigenvalue weighted by Crippen LogP contribution is -2.42. The van der Waals surface area contributed by atoms with Gasteiger partial charge in [0.05, 0.1) is 13.2 Å². The maximum Gasteiger partial charge on any atom is 0.293 e. The van der Waals surface area contributed by atoms with E-state index < -0.39 is 0 Å². The molecule has 0 radical (unpaired) electrons. The number of rotatable bonds is 3. The van der Waals surface area contributed by atoms with E-state index in [0.717, 1.165) is 6.42 Å². The number of benzene rings is 1. The summed E-state index contributed by atoms with van der Waals surface area (Å²) in [7, 11) is 1.50. The highest BCUT2D eigenvalue weighted by Crippen LogP contribution is 2.39. The molecular weight excluding hydrogens is 280 g/mol. The number of hydrogen-bond acceptors (Lipinski definition) is 4. The number of nitrogens with zero attached hydrogens (tertiary/aromatic N) is 2. The van der Waals surface area contributed by atoms with Gasteiger partial charge >= 0.3 is 0 Å². The molecule has 0 spiro atoms. The van der Waals surface area contributed by atoms with Crippen molar-refractivity contribution in [2.45, 2.75) is 31.7 Å². The first-order chi connectivity index (χ1) is 10.5. The van der Waals surface area contributed by atoms with Crippen LogP contribution in [0.15, 0.2) is 40.9 Å². The van der Waals surface area contributed by atoms with Crippen molar-refractivity contribution in [1.29, 1.82) is 0 Å². The van der Waals surface area contributed by atoms with Crippen LogP contribution < -0.4 is 4.74 Å². The van der Waals surface area contributed by atoms with Crippen LogP contribution in [-0.4, -0.2) is 35.2 Å². The molecule has 1 fully saturated rings. The molecule has 1 unspecified atom stereocenters. The molecule has 0 aliphatic carbocycles. The number of carbonyl (C=O) groups is 1. The first kappa shape index (κ1) is 14.6. The second-order valence-electron chi connectivity index (χ2n) is 6.27. The maximum absolute atomic E-state index is 12.7. The summed E-state index contributed by atoms with van der Waals surface area (Å²) < 4.78 is 10.1. The monoisotopic (exact) mass is 300 g/mol. The zero-order valence-electron chi connectivity index (χ0n) is 13.1. The average Bonchev–Trinajstić information content (AvgIpc) is 3.11. The van der Waals surface area contributed by atoms with Crippen LogP contribution in [0, 0.1) is 0 Å². The van der Waals surface area contributed by atoms with Crippen molar-refractivity contribution >= 4 is 5.91 Å². The molecular formula is C17H20N2O3. The van der Waals surface area contributed by atoms with Gasteiger partial charge in [-0.2, -0.15) is 0 Å². The van der Waals surface area contributed by atoms with Gasteiger partial charge in [-0.1, -0.05) is 30.3 Å². The van der Waals surface area contributed by atoms with E-state index in [-0.39, 0.29) is 17.2 Å². The third kappa shape index (κ3) is 2.58. The summed E-state index contributed by atoms with van der Waals surface area (Å²) in [5, 5.41) is 3.71. The summed E-state index contributed by atoms with van der Waals surface area (Å²) in [6.45, 7) is 4.85. The molecule has 2 aromatic rings. The minimum atomic E-state index is -0.225. The number of methoxy groups -OCH3 is 1. The van der Waals surface area contributed by atoms with E-state index in [1.807, 2.05) is 23.1 Å². The topological polar surface area (TPSA) is 55.6 Å². The summed E-state index contributed by atoms with van der Waals surface area (Å²) in [4.78, 5) is 14.6. The van der Waals surface area contributed by atoms with Gasteiger partial charge < -0.3 is 14.2 Å². The number of likely N-dealkylation sites (tertiary alicyclic amines) is 1. The summed E-state index contributed by atoms with van der Waals surface area (Å²) >= 11 is 0. The minimum absolute atomic E-state index is 0.140. The SMILES string of the molecule is COc1cc(C(=O)N2CC(c3ccccc3)CC2(C)C)on1. The van der Waals surface area contributed by atoms with Crippen molar-refractivity contribution in [2.24, 2.45) is 0 Å². The smallest absolute Gasteiger partial charge is 0.293 e. The van der Waals surface area contributed by atoms with E-state index in [4.69, 9.17) is 9.26 Å². The lowest BCUT2D eigenvalue weighted by molar-refractivity contribution is 0.0608. The highest BCUT2D eigenvalue weighted by molar-refractivity contribution is 5.92. The molecule has 0 N–H and O–H groups in total. The van der Waals surface area contributed by atoms with Crippen LogP contribution in [0.4, 0.5) is 0 Å². The van der Waals surface area contributed by atoms with Gasteiger partial charge in [0.1, 0.15) is 0 Å². The van der Waals surface area contributed by atoms with Crippen molar-refractivity contribution in [3.8, 4) is 5.88 Å². The van der Waals surface area contributed by atoms with E-state index in [0.29, 0.717) is 18.3 Å². The van der Waals surface area contributed by atoms with Crippen LogP contribution in [0.1, 0.15) is 42.3 Å². The van der Waals surface area contributed by atoms with E-state index >= 15 is 0 Å². The van der Waals surface area contributed by atoms with Gasteiger partial charge in [-0.25, -0.2) is 0 Å². The summed E-state index contributed by atoms with van der Waals surface area (Å²) in [6.07, 6.45) is 0.925. The van der Waals surface area contributed by atoms with Gasteiger partial charge in [0.25, 0.3) is 11.8 Å². The van der Waals surface area contributed by atoms with Crippen molar-refractivity contribution < 1.29 is 14.1 Å². The molecule has 1 amide bonds. The van der Waals surface area contributed by atoms with Gasteiger partial charge in [0.2, 0.25) is 5.76 Å². The Morgan fingerprint density at radius 1 is 1.36 bits per heavy atom. The van der Waals surface area contributed by atoms with Crippen molar-refractivity contribution in [3.63, 3.8) is 0 Å². The van der Waals surface area contributed by atoms with Gasteiger partial charge in [-0.3, -0.25) is 4.79 Å². The van der Waals surface area contributed by atoms with Crippen LogP contribution in [0.3, 0.4) is 0 Å². The zero-order chi connectivity index (χ0) is 15.7. The van der Waals surface area contributed by atoms with Gasteiger partial charge in [0, 0.05) is 18.0 Å². The van der Waals surface area contributed by atoms with Gasteiger partial charge in [-0.15, -0.1) is 0 Å². The molecule has 5 heteroatoms. The second kappa shape index (κ2) is 5.48. The second-order valence-corrected chi connectivity index (χ2v) is 6.27. The Labute approximate surface area is 129 Å². The Kier molecular flexibility index (Phi) is 3.64. The molecule has 1 atom stereocenters. The summed E-state index contributed by atoms with van der Waals surface area (Å²) in [5.41, 5.74) is 1.04. The van der Waals surface area contributed by atoms with Gasteiger partial charge in [0.15, 0.2) is 0 Å². The Morgan fingerprint density at radius 2 is 2.09 bits per heavy atom. The largest absolute Gasteiger partial charge is 0.479 e. The van der Waals surface area contributed by atoms with Gasteiger partial charge in [-0.05, 0) is 31.0 Å². The minimum Gasteiger partial charge on any atom is -0.479 e. The van der Waals surface area contributed by atoms with Crippen LogP contribution in [-0.2, 0) is 0 Å². The number of aromatic nitrogens is 1. The van der Waals surface area contributed by atoms with Crippen molar-refractivity contribution in [1.82, 2.24) is 10.1 Å². The molecule has 0 bridgehead atoms. The predicted molar refractivity (Wildman–Crippen MR) is 82.0 cm³/mol. The Hall–Kier alpha value is -2.30. The first-order valence-electron chi connectivity index (χ1n) is 7.39. The van der Waals surface area contributed by atoms with E-state index in [9.17, 15) is 4.79 Å². The fourth-order valence-corrected chi connectivity index (χ4v) is 3.14. The zero-order valence-corrected chi connectivity index (χ0v) is 13.1. The lowest BCUT2D eigenvalue weighted by atomic mass is 9.91. The molecule has 1 aliphatic rings. The molecule has 5 nitrogen and oxygen atoms in total. The highest BCUT2D eigenvalue weighted by atomic mass is 16.5. The average molecular weight is 300 g/mol. The van der Waals surface area contributed by atoms with E-state index in [2.05, 4.69) is 31.1 Å². The van der Waals surface area contributed by atoms with Crippen molar-refractivity contribution in [2.75, 3.05) is 13.7 Å². The fraction of sp³-hybridized carbons (Fsp3) is 0.412. The molecule has 1 saturated heterocycles. The quantitative estimate of drug-likeness (QED) is 0.874. The van der Waals surface area contributed by atoms with Crippen LogP contribution in [0.25, 0.3) is 0 Å². The first-order valence-corrected chi connectivity index (χ1v) is 7.39. The molecule has 3 rings (SSSR count). The molecule has 1 aromatic carbocycles. The Balaban J connectivity index is 1.82. The number of carbonyl (C=O) groups excluding carboxylic acids is 1. The Morgan fingerprint density at radius 3 is 2.73 bits per heavy atom. The Bertz CT molecular complexity index is 664. The molecule has 22 heavy (non-hydrogen) atoms. The summed E-state index contributed by atoms with van der Waals surface area (Å²) in [6, 6.07) is 11.8. The van der Waals surface area contributed by atoms with Crippen molar-refractivity contribution in [3.05, 3.63) is 47.7 Å². The van der Waals surface area contributed by atoms with Crippen LogP contribution >= 0.6 is 0 Å². The fourth-order valence-electron chi connectivity index (χ4n) is 3.14. The number of amides is 1. The number of ether oxygens (including phenoxy) is 1. The molecule has 2 heterocycles.